The Hall–Kier alpha value is -4.31. The maximum atomic E-state index is 14.6. The van der Waals surface area contributed by atoms with Crippen molar-refractivity contribution in [3.8, 4) is 22.9 Å². The summed E-state index contributed by atoms with van der Waals surface area (Å²) in [6.45, 7) is 0.245. The molecule has 3 aromatic carbocycles. The molecule has 36 heavy (non-hydrogen) atoms. The molecule has 0 unspecified atom stereocenters. The quantitative estimate of drug-likeness (QED) is 0.345. The third-order valence-corrected chi connectivity index (χ3v) is 7.54. The number of carboxylic acids is 1. The molecule has 1 fully saturated rings. The molecule has 4 aromatic rings. The number of hydrogen-bond acceptors (Lipinski definition) is 3. The van der Waals surface area contributed by atoms with Gasteiger partial charge >= 0.3 is 5.97 Å². The number of nitrogens with zero attached hydrogens (tertiary/aromatic N) is 3. The molecule has 7 heteroatoms. The van der Waals surface area contributed by atoms with Gasteiger partial charge in [0, 0.05) is 39.7 Å². The van der Waals surface area contributed by atoms with E-state index in [1.165, 1.54) is 12.1 Å². The Morgan fingerprint density at radius 2 is 1.81 bits per heavy atom. The molecule has 178 valence electrons. The van der Waals surface area contributed by atoms with Gasteiger partial charge in [-0.1, -0.05) is 18.6 Å². The average Bonchev–Trinajstić information content (AvgIpc) is 3.38. The summed E-state index contributed by atoms with van der Waals surface area (Å²) in [5.74, 6) is -1.89. The molecular weight excluding hydrogens is 460 g/mol. The molecule has 2 heterocycles. The van der Waals surface area contributed by atoms with E-state index in [-0.39, 0.29) is 17.9 Å². The number of aliphatic imine (C=N–C) groups is 1. The minimum Gasteiger partial charge on any atom is -0.478 e. The van der Waals surface area contributed by atoms with Gasteiger partial charge < -0.3 is 9.67 Å². The molecule has 1 N–H and O–H groups in total. The molecule has 6 rings (SSSR count). The van der Waals surface area contributed by atoms with Crippen LogP contribution in [0.4, 0.5) is 8.78 Å². The van der Waals surface area contributed by atoms with Crippen LogP contribution in [0.5, 0.6) is 0 Å². The zero-order valence-electron chi connectivity index (χ0n) is 19.3. The van der Waals surface area contributed by atoms with Gasteiger partial charge in [0.25, 0.3) is 0 Å². The summed E-state index contributed by atoms with van der Waals surface area (Å²) in [5, 5.41) is 20.1. The van der Waals surface area contributed by atoms with Crippen LogP contribution in [-0.2, 0) is 12.0 Å². The van der Waals surface area contributed by atoms with Crippen LogP contribution in [-0.4, -0.2) is 21.6 Å². The second-order valence-corrected chi connectivity index (χ2v) is 9.52. The van der Waals surface area contributed by atoms with E-state index in [9.17, 15) is 23.9 Å². The summed E-state index contributed by atoms with van der Waals surface area (Å²) in [5.41, 5.74) is 5.02. The lowest BCUT2D eigenvalue weighted by Crippen LogP contribution is -2.36. The molecule has 0 saturated heterocycles. The minimum absolute atomic E-state index is 0.175. The summed E-state index contributed by atoms with van der Waals surface area (Å²) < 4.78 is 30.5. The molecule has 0 bridgehead atoms. The summed E-state index contributed by atoms with van der Waals surface area (Å²) in [6.07, 6.45) is 2.91. The highest BCUT2D eigenvalue weighted by Gasteiger charge is 2.44. The van der Waals surface area contributed by atoms with E-state index in [1.807, 2.05) is 10.6 Å². The lowest BCUT2D eigenvalue weighted by atomic mass is 9.63. The second-order valence-electron chi connectivity index (χ2n) is 9.52. The first kappa shape index (κ1) is 22.2. The van der Waals surface area contributed by atoms with E-state index >= 15 is 0 Å². The molecule has 0 atom stereocenters. The Bertz CT molecular complexity index is 1610. The van der Waals surface area contributed by atoms with Gasteiger partial charge in [-0.2, -0.15) is 9.65 Å². The van der Waals surface area contributed by atoms with Crippen molar-refractivity contribution in [1.82, 2.24) is 4.57 Å². The molecule has 1 aliphatic heterocycles. The lowest BCUT2D eigenvalue weighted by molar-refractivity contribution is 0.0697. The highest BCUT2D eigenvalue weighted by Crippen LogP contribution is 2.53. The largest absolute Gasteiger partial charge is 0.478 e. The topological polar surface area (TPSA) is 78.4 Å². The number of aromatic nitrogens is 1. The van der Waals surface area contributed by atoms with Gasteiger partial charge in [-0.3, -0.25) is 4.99 Å². The molecule has 1 aliphatic carbocycles. The number of carboxylic acid groups (broad SMARTS) is 1. The highest BCUT2D eigenvalue weighted by molar-refractivity contribution is 6.06. The number of hydrogen-bond donors (Lipinski definition) is 1. The van der Waals surface area contributed by atoms with Crippen molar-refractivity contribution in [2.75, 3.05) is 0 Å². The maximum absolute atomic E-state index is 14.6. The number of nitriles is 1. The third kappa shape index (κ3) is 3.25. The first-order chi connectivity index (χ1) is 17.4. The van der Waals surface area contributed by atoms with Crippen molar-refractivity contribution in [1.29, 1.82) is 5.26 Å². The second kappa shape index (κ2) is 8.13. The SMILES string of the molecule is N#CCC1(c2c(-c3ccc(C(=O)O)cc3)c3cc4c(cc3n2-c2ccc(F)cc2)C(F)=NC4)CCC1. The predicted octanol–water partition coefficient (Wildman–Crippen LogP) is 6.70. The Balaban J connectivity index is 1.75. The normalized spacial score (nSPS) is 15.8. The molecule has 2 aliphatic rings. The van der Waals surface area contributed by atoms with Crippen molar-refractivity contribution in [2.45, 2.75) is 37.6 Å². The van der Waals surface area contributed by atoms with E-state index in [0.29, 0.717) is 17.7 Å². The van der Waals surface area contributed by atoms with Gasteiger partial charge in [0.05, 0.1) is 23.7 Å². The molecule has 1 saturated carbocycles. The summed E-state index contributed by atoms with van der Waals surface area (Å²) in [4.78, 5) is 15.4. The fraction of sp³-hybridized carbons (Fsp3) is 0.207. The number of aromatic carboxylic acids is 1. The van der Waals surface area contributed by atoms with E-state index < -0.39 is 17.3 Å². The number of fused-ring (bicyclic) bond motifs is 2. The lowest BCUT2D eigenvalue weighted by Gasteiger charge is -2.42. The zero-order valence-corrected chi connectivity index (χ0v) is 19.3. The van der Waals surface area contributed by atoms with Gasteiger partial charge in [-0.15, -0.1) is 0 Å². The Kier molecular flexibility index (Phi) is 5.01. The van der Waals surface area contributed by atoms with E-state index in [4.69, 9.17) is 0 Å². The average molecular weight is 482 g/mol. The molecule has 0 spiro atoms. The number of halogens is 2. The van der Waals surface area contributed by atoms with Crippen LogP contribution in [0.15, 0.2) is 65.7 Å². The summed E-state index contributed by atoms with van der Waals surface area (Å²) >= 11 is 0. The molecule has 1 aromatic heterocycles. The first-order valence-corrected chi connectivity index (χ1v) is 11.8. The van der Waals surface area contributed by atoms with E-state index in [0.717, 1.165) is 52.5 Å². The van der Waals surface area contributed by atoms with Crippen molar-refractivity contribution < 1.29 is 18.7 Å². The molecule has 0 radical (unpaired) electrons. The van der Waals surface area contributed by atoms with Gasteiger partial charge in [-0.05, 0) is 72.5 Å². The number of benzene rings is 3. The van der Waals surface area contributed by atoms with Crippen LogP contribution in [0.25, 0.3) is 27.7 Å². The Morgan fingerprint density at radius 3 is 2.42 bits per heavy atom. The first-order valence-electron chi connectivity index (χ1n) is 11.8. The molecule has 0 amide bonds. The van der Waals surface area contributed by atoms with Crippen LogP contribution < -0.4 is 0 Å². The van der Waals surface area contributed by atoms with Gasteiger partial charge in [0.15, 0.2) is 0 Å². The van der Waals surface area contributed by atoms with Crippen LogP contribution in [0, 0.1) is 17.1 Å². The van der Waals surface area contributed by atoms with Gasteiger partial charge in [0.2, 0.25) is 5.97 Å². The van der Waals surface area contributed by atoms with E-state index in [1.54, 1.807) is 42.5 Å². The standard InChI is InChI=1S/C29H21F2N3O2/c30-20-6-8-21(9-7-20)34-24-15-22-19(16-33-27(22)31)14-23(24)25(17-2-4-18(5-3-17)28(35)36)26(34)29(12-13-32)10-1-11-29/h2-9,14-15H,1,10-12,16H2,(H,35,36). The van der Waals surface area contributed by atoms with Crippen molar-refractivity contribution in [2.24, 2.45) is 4.99 Å². The summed E-state index contributed by atoms with van der Waals surface area (Å²) in [6, 6.07) is 18.9. The fourth-order valence-electron chi connectivity index (χ4n) is 5.63. The van der Waals surface area contributed by atoms with E-state index in [2.05, 4.69) is 11.1 Å². The van der Waals surface area contributed by atoms with Gasteiger partial charge in [-0.25, -0.2) is 9.18 Å². The number of carbonyl (C=O) groups is 1. The zero-order chi connectivity index (χ0) is 25.0. The Labute approximate surface area is 205 Å². The van der Waals surface area contributed by atoms with Crippen molar-refractivity contribution in [3.05, 3.63) is 88.9 Å². The molecular formula is C29H21F2N3O2. The van der Waals surface area contributed by atoms with Gasteiger partial charge in [0.1, 0.15) is 5.82 Å². The summed E-state index contributed by atoms with van der Waals surface area (Å²) in [7, 11) is 0. The third-order valence-electron chi connectivity index (χ3n) is 7.54. The smallest absolute Gasteiger partial charge is 0.335 e. The number of rotatable bonds is 5. The highest BCUT2D eigenvalue weighted by atomic mass is 19.1. The Morgan fingerprint density at radius 1 is 1.08 bits per heavy atom. The molecule has 5 nitrogen and oxygen atoms in total. The maximum Gasteiger partial charge on any atom is 0.335 e. The minimum atomic E-state index is -1.01. The van der Waals surface area contributed by atoms with Crippen LogP contribution in [0.3, 0.4) is 0 Å². The van der Waals surface area contributed by atoms with Crippen LogP contribution in [0.1, 0.15) is 52.9 Å². The van der Waals surface area contributed by atoms with Crippen molar-refractivity contribution in [3.63, 3.8) is 0 Å². The predicted molar refractivity (Wildman–Crippen MR) is 133 cm³/mol. The van der Waals surface area contributed by atoms with Crippen LogP contribution >= 0.6 is 0 Å². The monoisotopic (exact) mass is 481 g/mol. The van der Waals surface area contributed by atoms with Crippen LogP contribution in [0.2, 0.25) is 0 Å². The van der Waals surface area contributed by atoms with Crippen molar-refractivity contribution >= 4 is 22.8 Å². The fourth-order valence-corrected chi connectivity index (χ4v) is 5.63.